The van der Waals surface area contributed by atoms with Crippen LogP contribution in [0, 0.1) is 9.81 Å². The number of hydrogen-bond acceptors (Lipinski definition) is 39. The molecule has 2 heterocycles. The first kappa shape index (κ1) is 102. The fourth-order valence-electron chi connectivity index (χ4n) is 10.6. The molecular formula is C65H97N19O34S. The van der Waals surface area contributed by atoms with Crippen LogP contribution >= 0.6 is 12.6 Å². The van der Waals surface area contributed by atoms with Gasteiger partial charge in [0.15, 0.2) is 11.2 Å². The van der Waals surface area contributed by atoms with Crippen molar-refractivity contribution in [1.29, 1.82) is 0 Å². The lowest BCUT2D eigenvalue weighted by Crippen LogP contribution is -2.60. The molecule has 0 fully saturated rings. The van der Waals surface area contributed by atoms with E-state index in [1.54, 1.807) is 0 Å². The molecule has 0 aliphatic rings. The minimum Gasteiger partial charge on any atom is -0.481 e. The highest BCUT2D eigenvalue weighted by Crippen LogP contribution is 2.18. The summed E-state index contributed by atoms with van der Waals surface area (Å²) in [6, 6.07) is -11.4. The van der Waals surface area contributed by atoms with Gasteiger partial charge in [0.25, 0.3) is 11.5 Å². The molecule has 53 nitrogen and oxygen atoms in total. The Balaban J connectivity index is 2.09. The lowest BCUT2D eigenvalue weighted by molar-refractivity contribution is -0.144. The summed E-state index contributed by atoms with van der Waals surface area (Å²) in [6.45, 7) is -5.99. The largest absolute Gasteiger partial charge is 0.481 e. The van der Waals surface area contributed by atoms with E-state index in [0.717, 1.165) is 0 Å². The van der Waals surface area contributed by atoms with Crippen molar-refractivity contribution < 1.29 is 154 Å². The van der Waals surface area contributed by atoms with Crippen LogP contribution in [-0.4, -0.2) is 355 Å². The molecule has 54 heteroatoms. The number of H-pyrrole nitrogens is 1. The SMILES string of the molecule is Nc1nc2ncc(CNc3ccc(C(=O)N[C@@H](CCC(=O)N(N)[C@@H](CCC(=O)NC[C@H](O)[C@@H](O)[C@H](O)[C@H](O)CO)C(=O)N[C@@H](CCC(=O)O)C(=O)N[C@@H](CCC(=O)NC[C@H](O)[C@@H](O)[C@H](O)[C@@H](CO)N=O)C(=O)N[C@@H](CCC(=O)O)C(=O)N[C@@H](CCC(=O)NC[C@H](O)[C@@H](O)[C@H](O)[C@H](O)CN=O)C(=O)N[C@@H](CS)C(=O)O)C(=O)O)cc3)nc2c(=O)[nH]1. The molecule has 0 aliphatic carbocycles. The van der Waals surface area contributed by atoms with Crippen molar-refractivity contribution in [2.45, 2.75) is 199 Å². The highest BCUT2D eigenvalue weighted by atomic mass is 32.1. The zero-order valence-corrected chi connectivity index (χ0v) is 63.7. The van der Waals surface area contributed by atoms with Gasteiger partial charge in [0, 0.05) is 75.2 Å². The molecule has 0 spiro atoms. The smallest absolute Gasteiger partial charge is 0.327 e. The number of carboxylic acids is 4. The highest BCUT2D eigenvalue weighted by Gasteiger charge is 2.39. The van der Waals surface area contributed by atoms with Crippen LogP contribution in [0.5, 0.6) is 0 Å². The minimum atomic E-state index is -2.29. The number of aliphatic hydroxyl groups is 13. The summed E-state index contributed by atoms with van der Waals surface area (Å²) in [5, 5.41) is 197. The van der Waals surface area contributed by atoms with Crippen molar-refractivity contribution in [3.8, 4) is 0 Å². The van der Waals surface area contributed by atoms with Crippen LogP contribution in [0.2, 0.25) is 0 Å². The van der Waals surface area contributed by atoms with Gasteiger partial charge in [-0.2, -0.15) is 27.4 Å². The standard InChI is InChI=1S/C65H97N19O34S/c66-65-81-55-48(62(112)82-65)74-28(18-72-55)17-68-27-3-1-26(2-4-27)56(106)79-33(63(113)114)7-14-45(95)84(67)36(10-13-44(94)71-21-39(89)52(103)54(105)41(91)24-86)61(111)78-32(9-16-47(98)99)59(109)75-29(5-11-42(92)69-19-37(87)50(101)49(100)34(23-85)83-118)57(107)77-31(8-15-46(96)97)58(108)76-30(60(110)80-35(25-119)64(115)116)6-12-43(93)70-20-38(88)51(102)53(104)40(90)22-73-117/h1-4,18,29-41,49-54,68,85-91,100-105,119H,5-17,19-25,67H2,(H,69,92)(H,70,93)(H,71,94)(H,75,109)(H,76,108)(H,77,107)(H,78,111)(H,79,106)(H,80,110)(H,96,97)(H,98,99)(H,113,114)(H,115,116)(H3,66,72,81,82,112)/t29-,30-,31-,32-,33-,34+,35-,36-,37-,38-,39-,40+,41+,49+,50+,51+,52+,53+,54+/m0/s1. The van der Waals surface area contributed by atoms with E-state index < -0.39 is 326 Å². The second kappa shape index (κ2) is 51.1. The van der Waals surface area contributed by atoms with E-state index in [1.807, 2.05) is 5.32 Å². The number of nitrogens with two attached hydrogens (primary N) is 2. The van der Waals surface area contributed by atoms with Crippen LogP contribution in [-0.2, 0) is 68.9 Å². The predicted octanol–water partition coefficient (Wildman–Crippen LogP) is -13.3. The minimum absolute atomic E-state index is 0.0120. The van der Waals surface area contributed by atoms with E-state index in [1.165, 1.54) is 30.5 Å². The topological polar surface area (TPSA) is 889 Å². The maximum Gasteiger partial charge on any atom is 0.327 e. The summed E-state index contributed by atoms with van der Waals surface area (Å²) in [4.78, 5) is 237. The Kier molecular flexibility index (Phi) is 43.7. The van der Waals surface area contributed by atoms with E-state index in [-0.39, 0.29) is 39.9 Å². The number of nitrogens with one attached hydrogen (secondary N) is 11. The maximum absolute atomic E-state index is 14.7. The molecule has 0 radical (unpaired) electrons. The van der Waals surface area contributed by atoms with Crippen molar-refractivity contribution in [1.82, 2.24) is 72.8 Å². The monoisotopic (exact) mass is 1720 g/mol. The van der Waals surface area contributed by atoms with E-state index in [2.05, 4.69) is 90.8 Å². The first-order chi connectivity index (χ1) is 56.0. The number of nitroso groups, excluding NO2 is 2. The van der Waals surface area contributed by atoms with Gasteiger partial charge in [0.1, 0.15) is 104 Å². The van der Waals surface area contributed by atoms with Crippen LogP contribution in [0.15, 0.2) is 45.6 Å². The summed E-state index contributed by atoms with van der Waals surface area (Å²) >= 11 is 3.87. The zero-order valence-electron chi connectivity index (χ0n) is 62.8. The zero-order chi connectivity index (χ0) is 89.7. The number of hydrogen-bond donors (Lipinski definition) is 31. The Bertz CT molecular complexity index is 4030. The third kappa shape index (κ3) is 34.2. The second-order valence-corrected chi connectivity index (χ2v) is 26.9. The molecule has 3 rings (SSSR count). The van der Waals surface area contributed by atoms with Crippen LogP contribution in [0.1, 0.15) is 93.1 Å². The Hall–Kier alpha value is -11.4. The summed E-state index contributed by atoms with van der Waals surface area (Å²) in [6.07, 6.45) is -33.8. The van der Waals surface area contributed by atoms with Crippen molar-refractivity contribution in [3.05, 3.63) is 61.9 Å². The first-order valence-electron chi connectivity index (χ1n) is 35.9. The molecule has 3 aromatic rings. The molecule has 1 aromatic carbocycles. The molecule has 2 aromatic heterocycles. The quantitative estimate of drug-likeness (QED) is 0.00820. The summed E-state index contributed by atoms with van der Waals surface area (Å²) in [7, 11) is 0. The Labute approximate surface area is 676 Å². The lowest BCUT2D eigenvalue weighted by atomic mass is 10.0. The summed E-state index contributed by atoms with van der Waals surface area (Å²) in [5.41, 5.74) is 5.28. The van der Waals surface area contributed by atoms with Crippen LogP contribution < -0.4 is 70.3 Å². The van der Waals surface area contributed by atoms with Gasteiger partial charge in [-0.3, -0.25) is 72.3 Å². The van der Waals surface area contributed by atoms with Gasteiger partial charge >= 0.3 is 23.9 Å². The van der Waals surface area contributed by atoms with Gasteiger partial charge < -0.3 is 146 Å². The predicted molar refractivity (Wildman–Crippen MR) is 401 cm³/mol. The van der Waals surface area contributed by atoms with E-state index in [9.17, 15) is 169 Å². The van der Waals surface area contributed by atoms with Gasteiger partial charge in [-0.05, 0) is 62.8 Å². The molecular weight excluding hydrogens is 1620 g/mol. The van der Waals surface area contributed by atoms with Crippen molar-refractivity contribution in [2.75, 3.05) is 56.2 Å². The summed E-state index contributed by atoms with van der Waals surface area (Å²) < 4.78 is 0. The summed E-state index contributed by atoms with van der Waals surface area (Å²) in [5.74, 6) is -14.9. The van der Waals surface area contributed by atoms with Gasteiger partial charge in [0.2, 0.25) is 59.1 Å². The Morgan fingerprint density at radius 2 is 0.908 bits per heavy atom. The fourth-order valence-corrected chi connectivity index (χ4v) is 10.8. The van der Waals surface area contributed by atoms with Gasteiger partial charge in [-0.25, -0.2) is 25.4 Å². The molecule has 19 atom stereocenters. The van der Waals surface area contributed by atoms with E-state index in [0.29, 0.717) is 5.69 Å². The number of benzene rings is 1. The normalized spacial score (nSPS) is 16.1. The van der Waals surface area contributed by atoms with Crippen LogP contribution in [0.4, 0.5) is 11.6 Å². The number of rotatable bonds is 57. The number of hydrazine groups is 1. The van der Waals surface area contributed by atoms with Gasteiger partial charge in [0.05, 0.1) is 50.0 Å². The number of carboxylic acid groups (broad SMARTS) is 4. The number of nitrogens with zero attached hydrogens (tertiary/aromatic N) is 6. The average Bonchev–Trinajstić information content (AvgIpc) is 0.806. The van der Waals surface area contributed by atoms with E-state index >= 15 is 0 Å². The van der Waals surface area contributed by atoms with Gasteiger partial charge in [-0.1, -0.05) is 10.4 Å². The lowest BCUT2D eigenvalue weighted by Gasteiger charge is -2.30. The third-order valence-corrected chi connectivity index (χ3v) is 17.9. The number of aliphatic carboxylic acids is 4. The number of carbonyl (C=O) groups excluding carboxylic acids is 10. The number of anilines is 2. The number of aromatic amines is 1. The Morgan fingerprint density at radius 3 is 1.33 bits per heavy atom. The highest BCUT2D eigenvalue weighted by molar-refractivity contribution is 7.80. The molecule has 32 N–H and O–H groups in total. The maximum atomic E-state index is 14.7. The molecule has 662 valence electrons. The van der Waals surface area contributed by atoms with Crippen molar-refractivity contribution in [3.63, 3.8) is 0 Å². The number of carbonyl (C=O) groups is 14. The number of aromatic nitrogens is 4. The second-order valence-electron chi connectivity index (χ2n) is 26.5. The van der Waals surface area contributed by atoms with Crippen LogP contribution in [0.3, 0.4) is 0 Å². The molecule has 0 unspecified atom stereocenters. The van der Waals surface area contributed by atoms with Crippen molar-refractivity contribution in [2.24, 2.45) is 16.2 Å². The molecule has 10 amide bonds. The number of fused-ring (bicyclic) bond motifs is 1. The molecule has 119 heavy (non-hydrogen) atoms. The first-order valence-corrected chi connectivity index (χ1v) is 36.5. The number of thiol groups is 1. The number of amides is 10. The number of aliphatic hydroxyl groups excluding tert-OH is 13. The average molecular weight is 1720 g/mol. The molecule has 0 saturated heterocycles. The van der Waals surface area contributed by atoms with Crippen LogP contribution in [0.25, 0.3) is 11.2 Å². The van der Waals surface area contributed by atoms with Gasteiger partial charge in [-0.15, -0.1) is 0 Å². The third-order valence-electron chi connectivity index (χ3n) is 17.6. The fraction of sp³-hybridized carbons (Fsp3) is 0.600. The molecule has 0 aliphatic heterocycles. The number of nitrogen functional groups attached to an aromatic ring is 1. The molecule has 0 bridgehead atoms. The van der Waals surface area contributed by atoms with E-state index in [4.69, 9.17) is 11.6 Å². The Morgan fingerprint density at radius 1 is 0.496 bits per heavy atom. The van der Waals surface area contributed by atoms with Crippen molar-refractivity contribution >= 4 is 118 Å². The molecule has 0 saturated carbocycles.